The highest BCUT2D eigenvalue weighted by molar-refractivity contribution is 5.87. The van der Waals surface area contributed by atoms with Crippen LogP contribution in [0.1, 0.15) is 24.0 Å². The smallest absolute Gasteiger partial charge is 0.415 e. The molecule has 0 saturated carbocycles. The fourth-order valence-corrected chi connectivity index (χ4v) is 5.56. The molecular weight excluding hydrogens is 465 g/mol. The summed E-state index contributed by atoms with van der Waals surface area (Å²) in [6.07, 6.45) is 2.06. The monoisotopic (exact) mass is 495 g/mol. The first kappa shape index (κ1) is 24.4. The summed E-state index contributed by atoms with van der Waals surface area (Å²) >= 11 is 0. The van der Waals surface area contributed by atoms with Crippen LogP contribution >= 0.6 is 0 Å². The van der Waals surface area contributed by atoms with E-state index in [1.807, 2.05) is 12.1 Å². The van der Waals surface area contributed by atoms with Gasteiger partial charge in [0.15, 0.2) is 6.10 Å². The molecule has 7 heteroatoms. The van der Waals surface area contributed by atoms with Crippen LogP contribution in [-0.2, 0) is 17.7 Å². The lowest BCUT2D eigenvalue weighted by Gasteiger charge is -2.52. The third-order valence-electron chi connectivity index (χ3n) is 7.68. The van der Waals surface area contributed by atoms with Gasteiger partial charge in [-0.05, 0) is 53.6 Å². The summed E-state index contributed by atoms with van der Waals surface area (Å²) < 4.78 is 47.7. The highest BCUT2D eigenvalue weighted by atomic mass is 19.1. The van der Waals surface area contributed by atoms with Crippen molar-refractivity contribution in [1.29, 1.82) is 0 Å². The van der Waals surface area contributed by atoms with Crippen molar-refractivity contribution in [2.45, 2.75) is 31.9 Å². The Bertz CT molecular complexity index is 1190. The molecule has 0 N–H and O–H groups in total. The van der Waals surface area contributed by atoms with E-state index >= 15 is 0 Å². The molecule has 3 fully saturated rings. The second-order valence-corrected chi connectivity index (χ2v) is 10.0. The number of carbonyl (C=O) groups is 1. The third-order valence-corrected chi connectivity index (χ3v) is 7.68. The maximum absolute atomic E-state index is 14.0. The molecule has 36 heavy (non-hydrogen) atoms. The number of carbonyl (C=O) groups excluding carboxylic acids is 1. The zero-order valence-corrected chi connectivity index (χ0v) is 20.1. The number of ether oxygens (including phenoxy) is 1. The van der Waals surface area contributed by atoms with Crippen molar-refractivity contribution in [3.63, 3.8) is 0 Å². The van der Waals surface area contributed by atoms with Crippen molar-refractivity contribution < 1.29 is 27.2 Å². The SMILES string of the molecule is O=C(OC1C[N+]2(CCc3ccc(F)cc3)CCC1CC2)N(Cc1ccc(F)cc1)c1cccc(F)c1. The fourth-order valence-electron chi connectivity index (χ4n) is 5.56. The number of benzene rings is 3. The molecule has 3 aliphatic heterocycles. The number of nitrogens with zero attached hydrogens (tertiary/aromatic N) is 2. The van der Waals surface area contributed by atoms with Gasteiger partial charge in [-0.25, -0.2) is 18.0 Å². The van der Waals surface area contributed by atoms with Gasteiger partial charge < -0.3 is 9.22 Å². The Kier molecular flexibility index (Phi) is 7.01. The Balaban J connectivity index is 1.30. The molecule has 0 radical (unpaired) electrons. The van der Waals surface area contributed by atoms with Gasteiger partial charge in [-0.3, -0.25) is 4.90 Å². The second-order valence-electron chi connectivity index (χ2n) is 10.0. The average Bonchev–Trinajstić information content (AvgIpc) is 2.89. The van der Waals surface area contributed by atoms with Crippen LogP contribution in [0.3, 0.4) is 0 Å². The zero-order valence-electron chi connectivity index (χ0n) is 20.1. The fraction of sp³-hybridized carbons (Fsp3) is 0.345. The summed E-state index contributed by atoms with van der Waals surface area (Å²) in [5.74, 6) is -0.738. The lowest BCUT2D eigenvalue weighted by atomic mass is 9.83. The van der Waals surface area contributed by atoms with Gasteiger partial charge in [0.25, 0.3) is 0 Å². The van der Waals surface area contributed by atoms with Crippen LogP contribution in [-0.4, -0.2) is 42.9 Å². The summed E-state index contributed by atoms with van der Waals surface area (Å²) in [5.41, 5.74) is 2.21. The molecule has 1 atom stereocenters. The summed E-state index contributed by atoms with van der Waals surface area (Å²) in [6.45, 7) is 3.89. The maximum Gasteiger partial charge on any atom is 0.415 e. The van der Waals surface area contributed by atoms with Gasteiger partial charge in [-0.2, -0.15) is 0 Å². The summed E-state index contributed by atoms with van der Waals surface area (Å²) in [7, 11) is 0. The predicted octanol–water partition coefficient (Wildman–Crippen LogP) is 6.10. The molecule has 3 heterocycles. The molecule has 3 aromatic carbocycles. The molecule has 0 aromatic heterocycles. The van der Waals surface area contributed by atoms with E-state index in [-0.39, 0.29) is 24.3 Å². The van der Waals surface area contributed by atoms with Gasteiger partial charge in [0.05, 0.1) is 31.9 Å². The first-order valence-corrected chi connectivity index (χ1v) is 12.5. The third kappa shape index (κ3) is 5.57. The van der Waals surface area contributed by atoms with Gasteiger partial charge >= 0.3 is 6.09 Å². The molecule has 4 nitrogen and oxygen atoms in total. The number of amides is 1. The van der Waals surface area contributed by atoms with Crippen molar-refractivity contribution in [1.82, 2.24) is 0 Å². The van der Waals surface area contributed by atoms with Gasteiger partial charge in [-0.1, -0.05) is 30.3 Å². The van der Waals surface area contributed by atoms with Crippen LogP contribution in [0.15, 0.2) is 72.8 Å². The van der Waals surface area contributed by atoms with Crippen molar-refractivity contribution in [3.8, 4) is 0 Å². The Morgan fingerprint density at radius 3 is 2.14 bits per heavy atom. The van der Waals surface area contributed by atoms with E-state index in [1.165, 1.54) is 41.3 Å². The number of hydrogen-bond donors (Lipinski definition) is 0. The molecule has 3 aliphatic rings. The zero-order chi connectivity index (χ0) is 25.1. The maximum atomic E-state index is 14.0. The highest BCUT2D eigenvalue weighted by Crippen LogP contribution is 2.36. The molecule has 188 valence electrons. The van der Waals surface area contributed by atoms with Crippen molar-refractivity contribution in [3.05, 3.63) is 101 Å². The lowest BCUT2D eigenvalue weighted by molar-refractivity contribution is -0.945. The van der Waals surface area contributed by atoms with E-state index in [1.54, 1.807) is 24.3 Å². The van der Waals surface area contributed by atoms with Crippen molar-refractivity contribution >= 4 is 11.8 Å². The van der Waals surface area contributed by atoms with Crippen LogP contribution in [0.2, 0.25) is 0 Å². The van der Waals surface area contributed by atoms with Crippen molar-refractivity contribution in [2.75, 3.05) is 31.1 Å². The Morgan fingerprint density at radius 1 is 0.861 bits per heavy atom. The molecule has 0 aliphatic carbocycles. The van der Waals surface area contributed by atoms with Gasteiger partial charge in [-0.15, -0.1) is 0 Å². The lowest BCUT2D eigenvalue weighted by Crippen LogP contribution is -2.65. The summed E-state index contributed by atoms with van der Waals surface area (Å²) in [6, 6.07) is 18.4. The van der Waals surface area contributed by atoms with Gasteiger partial charge in [0.2, 0.25) is 0 Å². The standard InChI is InChI=1S/C29H30F3N2O2/c30-24-8-4-21(5-9-24)12-15-34-16-13-23(14-17-34)28(20-34)36-29(35)33(27-3-1-2-26(32)18-27)19-22-6-10-25(31)11-7-22/h1-11,18,23,28H,12-17,19-20H2/q+1. The second kappa shape index (κ2) is 10.3. The van der Waals surface area contributed by atoms with E-state index in [4.69, 9.17) is 4.74 Å². The number of anilines is 1. The predicted molar refractivity (Wildman–Crippen MR) is 132 cm³/mol. The number of hydrogen-bond acceptors (Lipinski definition) is 2. The van der Waals surface area contributed by atoms with Crippen molar-refractivity contribution in [2.24, 2.45) is 5.92 Å². The molecule has 3 aromatic rings. The van der Waals surface area contributed by atoms with Crippen LogP contribution in [0.25, 0.3) is 0 Å². The van der Waals surface area contributed by atoms with Crippen LogP contribution < -0.4 is 4.90 Å². The first-order chi connectivity index (χ1) is 17.4. The normalized spacial score (nSPS) is 22.9. The molecule has 1 amide bonds. The minimum absolute atomic E-state index is 0.143. The first-order valence-electron chi connectivity index (χ1n) is 12.5. The summed E-state index contributed by atoms with van der Waals surface area (Å²) in [4.78, 5) is 14.9. The number of rotatable bonds is 7. The van der Waals surface area contributed by atoms with Crippen LogP contribution in [0.4, 0.5) is 23.7 Å². The van der Waals surface area contributed by atoms with E-state index in [0.29, 0.717) is 17.2 Å². The van der Waals surface area contributed by atoms with E-state index < -0.39 is 11.9 Å². The van der Waals surface area contributed by atoms with E-state index in [0.717, 1.165) is 55.5 Å². The van der Waals surface area contributed by atoms with E-state index in [9.17, 15) is 18.0 Å². The van der Waals surface area contributed by atoms with Crippen LogP contribution in [0.5, 0.6) is 0 Å². The Morgan fingerprint density at radius 2 is 1.50 bits per heavy atom. The Hall–Kier alpha value is -3.32. The molecule has 2 bridgehead atoms. The van der Waals surface area contributed by atoms with Gasteiger partial charge in [0, 0.05) is 25.2 Å². The number of piperidine rings is 3. The quantitative estimate of drug-likeness (QED) is 0.371. The minimum atomic E-state index is -0.527. The van der Waals surface area contributed by atoms with E-state index in [2.05, 4.69) is 0 Å². The molecule has 1 unspecified atom stereocenters. The number of fused-ring (bicyclic) bond motifs is 3. The number of quaternary nitrogens is 1. The summed E-state index contributed by atoms with van der Waals surface area (Å²) in [5, 5.41) is 0. The number of halogens is 3. The topological polar surface area (TPSA) is 29.5 Å². The minimum Gasteiger partial charge on any atom is -0.440 e. The van der Waals surface area contributed by atoms with Crippen LogP contribution in [0, 0.1) is 23.4 Å². The molecule has 0 spiro atoms. The molecule has 6 rings (SSSR count). The molecular formula is C29H30F3N2O2+. The largest absolute Gasteiger partial charge is 0.440 e. The van der Waals surface area contributed by atoms with Gasteiger partial charge in [0.1, 0.15) is 24.0 Å². The highest BCUT2D eigenvalue weighted by Gasteiger charge is 2.47. The average molecular weight is 496 g/mol. The molecule has 3 saturated heterocycles. The Labute approximate surface area is 209 Å².